The van der Waals surface area contributed by atoms with Crippen LogP contribution in [0.5, 0.6) is 0 Å². The van der Waals surface area contributed by atoms with E-state index in [1.807, 2.05) is 12.2 Å². The molecule has 5 heteroatoms. The zero-order chi connectivity index (χ0) is 25.5. The summed E-state index contributed by atoms with van der Waals surface area (Å²) >= 11 is 0. The highest BCUT2D eigenvalue weighted by Gasteiger charge is 2.20. The molecule has 0 radical (unpaired) electrons. The molecule has 0 spiro atoms. The van der Waals surface area contributed by atoms with Gasteiger partial charge in [0.05, 0.1) is 25.4 Å². The molecule has 2 rings (SSSR count). The average molecular weight is 485 g/mol. The number of hydrogen-bond donors (Lipinski definition) is 1. The smallest absolute Gasteiger partial charge is 0.330 e. The molecule has 2 aliphatic rings. The highest BCUT2D eigenvalue weighted by molar-refractivity contribution is 5.82. The Kier molecular flexibility index (Phi) is 13.6. The lowest BCUT2D eigenvalue weighted by Gasteiger charge is -2.23. The monoisotopic (exact) mass is 484 g/mol. The molecule has 0 aromatic carbocycles. The van der Waals surface area contributed by atoms with E-state index in [-0.39, 0.29) is 6.10 Å². The van der Waals surface area contributed by atoms with Crippen molar-refractivity contribution in [3.05, 3.63) is 72.4 Å². The maximum atomic E-state index is 12.0. The Morgan fingerprint density at radius 3 is 2.83 bits per heavy atom. The number of hydrogen-bond acceptors (Lipinski definition) is 5. The van der Waals surface area contributed by atoms with E-state index >= 15 is 0 Å². The number of esters is 1. The third kappa shape index (κ3) is 12.4. The Morgan fingerprint density at radius 2 is 2.11 bits per heavy atom. The van der Waals surface area contributed by atoms with E-state index in [4.69, 9.17) is 14.2 Å². The Labute approximate surface area is 211 Å². The predicted molar refractivity (Wildman–Crippen MR) is 142 cm³/mol. The van der Waals surface area contributed by atoms with Crippen LogP contribution >= 0.6 is 0 Å². The first-order valence-electron chi connectivity index (χ1n) is 12.9. The molecule has 0 aromatic heterocycles. The van der Waals surface area contributed by atoms with Crippen molar-refractivity contribution in [1.29, 1.82) is 0 Å². The van der Waals surface area contributed by atoms with Crippen LogP contribution in [0.1, 0.15) is 65.7 Å². The van der Waals surface area contributed by atoms with Crippen LogP contribution in [-0.2, 0) is 19.0 Å². The van der Waals surface area contributed by atoms with Gasteiger partial charge in [0.2, 0.25) is 0 Å². The number of aliphatic hydroxyl groups is 1. The van der Waals surface area contributed by atoms with Gasteiger partial charge in [-0.15, -0.1) is 0 Å². The minimum Gasteiger partial charge on any atom is -0.456 e. The highest BCUT2D eigenvalue weighted by Crippen LogP contribution is 2.23. The summed E-state index contributed by atoms with van der Waals surface area (Å²) in [6, 6.07) is 0. The fourth-order valence-electron chi connectivity index (χ4n) is 4.34. The maximum absolute atomic E-state index is 12.0. The number of rotatable bonds is 14. The lowest BCUT2D eigenvalue weighted by Crippen LogP contribution is -2.29. The van der Waals surface area contributed by atoms with Gasteiger partial charge < -0.3 is 19.3 Å². The van der Waals surface area contributed by atoms with Crippen LogP contribution in [0.4, 0.5) is 0 Å². The van der Waals surface area contributed by atoms with Crippen molar-refractivity contribution < 1.29 is 24.1 Å². The van der Waals surface area contributed by atoms with Gasteiger partial charge in [0.15, 0.2) is 0 Å². The van der Waals surface area contributed by atoms with E-state index < -0.39 is 18.2 Å². The van der Waals surface area contributed by atoms with E-state index in [2.05, 4.69) is 44.7 Å². The lowest BCUT2D eigenvalue weighted by molar-refractivity contribution is -0.147. The third-order valence-electron chi connectivity index (χ3n) is 6.24. The first-order valence-corrected chi connectivity index (χ1v) is 12.9. The molecular weight excluding hydrogens is 440 g/mol. The van der Waals surface area contributed by atoms with Crippen molar-refractivity contribution in [2.24, 2.45) is 5.92 Å². The summed E-state index contributed by atoms with van der Waals surface area (Å²) in [4.78, 5) is 12.0. The molecule has 1 N–H and O–H groups in total. The molecule has 2 aliphatic heterocycles. The quantitative estimate of drug-likeness (QED) is 0.181. The van der Waals surface area contributed by atoms with E-state index in [9.17, 15) is 9.90 Å². The van der Waals surface area contributed by atoms with Crippen LogP contribution in [0, 0.1) is 5.92 Å². The summed E-state index contributed by atoms with van der Waals surface area (Å²) in [5.41, 5.74) is 2.51. The van der Waals surface area contributed by atoms with Crippen molar-refractivity contribution >= 4 is 5.97 Å². The summed E-state index contributed by atoms with van der Waals surface area (Å²) in [6.07, 6.45) is 21.8. The fourth-order valence-corrected chi connectivity index (χ4v) is 4.34. The third-order valence-corrected chi connectivity index (χ3v) is 6.24. The molecule has 5 atom stereocenters. The largest absolute Gasteiger partial charge is 0.456 e. The first-order chi connectivity index (χ1) is 16.9. The summed E-state index contributed by atoms with van der Waals surface area (Å²) < 4.78 is 17.0. The van der Waals surface area contributed by atoms with Gasteiger partial charge in [0.1, 0.15) is 12.2 Å². The molecule has 0 saturated carbocycles. The Hall–Kier alpha value is -2.21. The zero-order valence-electron chi connectivity index (χ0n) is 21.7. The SMILES string of the molecule is C=C(CC/C=C/CC(OC(=O)/C=C/C)C(O)/C=C/C1CC(C)=CCO1)CC(C)CC1CC=CCO1. The molecule has 0 aromatic rings. The second-order valence-corrected chi connectivity index (χ2v) is 9.68. The van der Waals surface area contributed by atoms with Crippen molar-refractivity contribution in [3.8, 4) is 0 Å². The Morgan fingerprint density at radius 1 is 1.29 bits per heavy atom. The van der Waals surface area contributed by atoms with Gasteiger partial charge in [-0.25, -0.2) is 4.79 Å². The molecular formula is C30H44O5. The van der Waals surface area contributed by atoms with E-state index in [1.165, 1.54) is 17.2 Å². The van der Waals surface area contributed by atoms with Crippen molar-refractivity contribution in [2.45, 2.75) is 90.1 Å². The van der Waals surface area contributed by atoms with Gasteiger partial charge in [0.25, 0.3) is 0 Å². The fraction of sp³-hybridized carbons (Fsp3) is 0.567. The molecule has 5 nitrogen and oxygen atoms in total. The molecule has 0 saturated heterocycles. The predicted octanol–water partition coefficient (Wildman–Crippen LogP) is 6.17. The van der Waals surface area contributed by atoms with Crippen LogP contribution in [0.25, 0.3) is 0 Å². The van der Waals surface area contributed by atoms with Crippen LogP contribution in [0.3, 0.4) is 0 Å². The van der Waals surface area contributed by atoms with E-state index in [1.54, 1.807) is 19.1 Å². The van der Waals surface area contributed by atoms with E-state index in [0.29, 0.717) is 25.0 Å². The number of ether oxygens (including phenoxy) is 3. The van der Waals surface area contributed by atoms with Crippen LogP contribution in [-0.4, -0.2) is 48.7 Å². The molecule has 0 bridgehead atoms. The Balaban J connectivity index is 1.78. The minimum atomic E-state index is -0.906. The summed E-state index contributed by atoms with van der Waals surface area (Å²) in [5.74, 6) is 0.0959. The van der Waals surface area contributed by atoms with Gasteiger partial charge in [-0.2, -0.15) is 0 Å². The molecule has 5 unspecified atom stereocenters. The van der Waals surface area contributed by atoms with Gasteiger partial charge in [-0.05, 0) is 58.3 Å². The highest BCUT2D eigenvalue weighted by atomic mass is 16.6. The van der Waals surface area contributed by atoms with Gasteiger partial charge in [-0.3, -0.25) is 0 Å². The molecule has 0 aliphatic carbocycles. The topological polar surface area (TPSA) is 65.0 Å². The van der Waals surface area contributed by atoms with Crippen molar-refractivity contribution in [1.82, 2.24) is 0 Å². The molecule has 2 heterocycles. The summed E-state index contributed by atoms with van der Waals surface area (Å²) in [6.45, 7) is 11.7. The summed E-state index contributed by atoms with van der Waals surface area (Å²) in [5, 5.41) is 10.7. The number of carbonyl (C=O) groups excluding carboxylic acids is 1. The van der Waals surface area contributed by atoms with Crippen LogP contribution in [0.2, 0.25) is 0 Å². The van der Waals surface area contributed by atoms with E-state index in [0.717, 1.165) is 45.1 Å². The number of allylic oxidation sites excluding steroid dienone is 3. The molecule has 0 fully saturated rings. The lowest BCUT2D eigenvalue weighted by atomic mass is 9.92. The summed E-state index contributed by atoms with van der Waals surface area (Å²) in [7, 11) is 0. The second kappa shape index (κ2) is 16.5. The van der Waals surface area contributed by atoms with Gasteiger partial charge >= 0.3 is 5.97 Å². The normalized spacial score (nSPS) is 23.5. The standard InChI is InChI=1S/C30H44O5/c1-5-11-30(32)35-29(28(31)16-15-27-21-24(3)17-19-34-27)14-8-6-7-12-23(2)20-25(4)22-26-13-9-10-18-33-26/h5-6,8-11,15-17,25-29,31H,2,7,12-14,18-22H2,1,3-4H3/b8-6+,11-5+,16-15+. The van der Waals surface area contributed by atoms with Gasteiger partial charge in [-0.1, -0.05) is 73.3 Å². The number of carbonyl (C=O) groups is 1. The van der Waals surface area contributed by atoms with Crippen molar-refractivity contribution in [2.75, 3.05) is 13.2 Å². The van der Waals surface area contributed by atoms with Crippen LogP contribution < -0.4 is 0 Å². The Bertz CT molecular complexity index is 804. The molecule has 0 amide bonds. The average Bonchev–Trinajstić information content (AvgIpc) is 2.82. The molecule has 194 valence electrons. The number of aliphatic hydroxyl groups excluding tert-OH is 1. The van der Waals surface area contributed by atoms with Crippen molar-refractivity contribution in [3.63, 3.8) is 0 Å². The zero-order valence-corrected chi connectivity index (χ0v) is 21.7. The van der Waals surface area contributed by atoms with Gasteiger partial charge in [0, 0.05) is 12.5 Å². The minimum absolute atomic E-state index is 0.0633. The molecule has 35 heavy (non-hydrogen) atoms. The maximum Gasteiger partial charge on any atom is 0.330 e. The van der Waals surface area contributed by atoms with Crippen LogP contribution in [0.15, 0.2) is 72.4 Å². The second-order valence-electron chi connectivity index (χ2n) is 9.68. The first kappa shape index (κ1) is 29.0.